The second-order valence-electron chi connectivity index (χ2n) is 8.53. The van der Waals surface area contributed by atoms with Gasteiger partial charge in [-0.15, -0.1) is 0 Å². The number of aromatic nitrogens is 3. The highest BCUT2D eigenvalue weighted by Gasteiger charge is 2.42. The number of nitrogens with zero attached hydrogens (tertiary/aromatic N) is 4. The van der Waals surface area contributed by atoms with Crippen molar-refractivity contribution < 1.29 is 27.2 Å². The maximum Gasteiger partial charge on any atom is 0.493 e. The third-order valence-electron chi connectivity index (χ3n) is 5.56. The molecule has 2 aromatic heterocycles. The van der Waals surface area contributed by atoms with Gasteiger partial charge in [-0.3, -0.25) is 0 Å². The Hall–Kier alpha value is -4.55. The molecule has 2 heterocycles. The Labute approximate surface area is 208 Å². The lowest BCUT2D eigenvalue weighted by molar-refractivity contribution is -0.200. The molecule has 37 heavy (non-hydrogen) atoms. The Morgan fingerprint density at radius 2 is 1.78 bits per heavy atom. The number of anilines is 5. The van der Waals surface area contributed by atoms with Crippen molar-refractivity contribution in [3.63, 3.8) is 0 Å². The highest BCUT2D eigenvalue weighted by molar-refractivity contribution is 5.81. The third-order valence-corrected chi connectivity index (χ3v) is 5.56. The van der Waals surface area contributed by atoms with Crippen LogP contribution < -0.4 is 26.1 Å². The molecule has 4 aromatic rings. The van der Waals surface area contributed by atoms with Crippen molar-refractivity contribution in [2.45, 2.75) is 26.9 Å². The van der Waals surface area contributed by atoms with Crippen LogP contribution in [0, 0.1) is 20.8 Å². The van der Waals surface area contributed by atoms with E-state index in [1.165, 1.54) is 18.2 Å². The molecule has 0 spiro atoms. The van der Waals surface area contributed by atoms with E-state index in [2.05, 4.69) is 25.4 Å². The monoisotopic (exact) mass is 516 g/mol. The van der Waals surface area contributed by atoms with Gasteiger partial charge >= 0.3 is 17.9 Å². The molecule has 0 aliphatic heterocycles. The number of nitrogens with one attached hydrogen (secondary N) is 2. The van der Waals surface area contributed by atoms with Crippen molar-refractivity contribution in [2.75, 3.05) is 29.6 Å². The first kappa shape index (κ1) is 25.5. The molecule has 2 aromatic carbocycles. The summed E-state index contributed by atoms with van der Waals surface area (Å²) >= 11 is 0. The summed E-state index contributed by atoms with van der Waals surface area (Å²) in [6, 6.07) is 8.14. The molecule has 2 N–H and O–H groups in total. The number of oxazole rings is 1. The summed E-state index contributed by atoms with van der Waals surface area (Å²) in [6.45, 7) is 5.82. The van der Waals surface area contributed by atoms with Gasteiger partial charge in [-0.2, -0.15) is 18.2 Å². The predicted molar refractivity (Wildman–Crippen MR) is 132 cm³/mol. The Bertz CT molecular complexity index is 1560. The first-order chi connectivity index (χ1) is 17.3. The molecule has 0 radical (unpaired) electrons. The van der Waals surface area contributed by atoms with Crippen molar-refractivity contribution in [1.82, 2.24) is 14.7 Å². The minimum atomic E-state index is -5.29. The minimum absolute atomic E-state index is 0.0706. The molecule has 0 bridgehead atoms. The van der Waals surface area contributed by atoms with E-state index in [9.17, 15) is 22.8 Å². The van der Waals surface area contributed by atoms with Crippen LogP contribution in [0.2, 0.25) is 0 Å². The van der Waals surface area contributed by atoms with Gasteiger partial charge in [-0.05, 0) is 62.2 Å². The summed E-state index contributed by atoms with van der Waals surface area (Å²) in [5.41, 5.74) is 4.84. The topological polar surface area (TPSA) is 115 Å². The number of aryl methyl sites for hydroxylation is 2. The fourth-order valence-corrected chi connectivity index (χ4v) is 3.57. The van der Waals surface area contributed by atoms with Gasteiger partial charge in [0.05, 0.1) is 0 Å². The van der Waals surface area contributed by atoms with E-state index in [1.54, 1.807) is 13.1 Å². The molecule has 4 rings (SSSR count). The number of hydrogen-bond acceptors (Lipinski definition) is 9. The first-order valence-corrected chi connectivity index (χ1v) is 10.9. The number of benzene rings is 2. The van der Waals surface area contributed by atoms with Crippen LogP contribution in [-0.2, 0) is 4.79 Å². The summed E-state index contributed by atoms with van der Waals surface area (Å²) in [7, 11) is 3.91. The molecule has 13 heteroatoms. The second-order valence-corrected chi connectivity index (χ2v) is 8.53. The fraction of sp³-hybridized carbons (Fsp3) is 0.250. The lowest BCUT2D eigenvalue weighted by Gasteiger charge is -2.19. The lowest BCUT2D eigenvalue weighted by Crippen LogP contribution is -2.36. The van der Waals surface area contributed by atoms with Gasteiger partial charge in [-0.1, -0.05) is 4.73 Å². The summed E-state index contributed by atoms with van der Waals surface area (Å²) < 4.78 is 42.9. The molecule has 0 fully saturated rings. The molecule has 0 atom stereocenters. The van der Waals surface area contributed by atoms with Gasteiger partial charge in [0, 0.05) is 42.9 Å². The zero-order valence-electron chi connectivity index (χ0n) is 20.5. The van der Waals surface area contributed by atoms with Gasteiger partial charge in [0.15, 0.2) is 5.58 Å². The van der Waals surface area contributed by atoms with Crippen molar-refractivity contribution in [1.29, 1.82) is 0 Å². The van der Waals surface area contributed by atoms with Gasteiger partial charge in [-0.25, -0.2) is 14.6 Å². The summed E-state index contributed by atoms with van der Waals surface area (Å²) in [4.78, 5) is 38.2. The Balaban J connectivity index is 1.63. The minimum Gasteiger partial charge on any atom is -0.405 e. The molecule has 0 amide bonds. The van der Waals surface area contributed by atoms with Crippen LogP contribution in [0.4, 0.5) is 42.0 Å². The van der Waals surface area contributed by atoms with E-state index in [1.807, 2.05) is 45.0 Å². The Kier molecular flexibility index (Phi) is 6.55. The van der Waals surface area contributed by atoms with Crippen LogP contribution in [0.15, 0.2) is 45.7 Å². The molecule has 0 saturated heterocycles. The highest BCUT2D eigenvalue weighted by atomic mass is 19.4. The quantitative estimate of drug-likeness (QED) is 0.385. The van der Waals surface area contributed by atoms with Gasteiger partial charge in [0.2, 0.25) is 5.95 Å². The molecule has 0 saturated carbocycles. The summed E-state index contributed by atoms with van der Waals surface area (Å²) in [6.07, 6.45) is -3.69. The smallest absolute Gasteiger partial charge is 0.405 e. The SMILES string of the molecule is Cc1cnc(Nc2cc(C)c(C)c(N(C)C)c2)nc1Nc1ccc2oc(=O)n(OC(=O)C(F)(F)F)c2c1. The second kappa shape index (κ2) is 9.48. The van der Waals surface area contributed by atoms with Crippen molar-refractivity contribution >= 4 is 45.9 Å². The van der Waals surface area contributed by atoms with Crippen LogP contribution >= 0.6 is 0 Å². The predicted octanol–water partition coefficient (Wildman–Crippen LogP) is 4.38. The Morgan fingerprint density at radius 1 is 1.05 bits per heavy atom. The van der Waals surface area contributed by atoms with E-state index in [-0.39, 0.29) is 15.8 Å². The van der Waals surface area contributed by atoms with E-state index in [0.29, 0.717) is 23.0 Å². The maximum atomic E-state index is 12.6. The lowest BCUT2D eigenvalue weighted by atomic mass is 10.1. The number of fused-ring (bicyclic) bond motifs is 1. The van der Waals surface area contributed by atoms with Crippen LogP contribution in [0.5, 0.6) is 0 Å². The largest absolute Gasteiger partial charge is 0.493 e. The van der Waals surface area contributed by atoms with Crippen molar-refractivity contribution in [3.05, 3.63) is 63.8 Å². The number of hydrogen-bond donors (Lipinski definition) is 2. The normalized spacial score (nSPS) is 11.5. The molecular weight excluding hydrogens is 493 g/mol. The number of carbonyl (C=O) groups excluding carboxylic acids is 1. The van der Waals surface area contributed by atoms with Crippen molar-refractivity contribution in [3.8, 4) is 0 Å². The number of alkyl halides is 3. The van der Waals surface area contributed by atoms with Crippen LogP contribution in [-0.4, -0.2) is 40.9 Å². The first-order valence-electron chi connectivity index (χ1n) is 10.9. The van der Waals surface area contributed by atoms with E-state index >= 15 is 0 Å². The highest BCUT2D eigenvalue weighted by Crippen LogP contribution is 2.29. The fourth-order valence-electron chi connectivity index (χ4n) is 3.57. The molecule has 10 nitrogen and oxygen atoms in total. The van der Waals surface area contributed by atoms with E-state index in [0.717, 1.165) is 22.5 Å². The van der Waals surface area contributed by atoms with Crippen LogP contribution in [0.1, 0.15) is 16.7 Å². The van der Waals surface area contributed by atoms with E-state index < -0.39 is 17.9 Å². The zero-order valence-corrected chi connectivity index (χ0v) is 20.5. The molecule has 0 aliphatic rings. The average Bonchev–Trinajstić information content (AvgIpc) is 3.12. The summed E-state index contributed by atoms with van der Waals surface area (Å²) in [5, 5.41) is 6.23. The number of carbonyl (C=O) groups is 1. The van der Waals surface area contributed by atoms with Crippen LogP contribution in [0.3, 0.4) is 0 Å². The maximum absolute atomic E-state index is 12.6. The number of rotatable bonds is 6. The molecule has 0 aliphatic carbocycles. The van der Waals surface area contributed by atoms with E-state index in [4.69, 9.17) is 4.42 Å². The third kappa shape index (κ3) is 5.34. The summed E-state index contributed by atoms with van der Waals surface area (Å²) in [5.74, 6) is -3.12. The molecule has 0 unspecified atom stereocenters. The standard InChI is InChI=1S/C24H23F3N6O4/c1-12-8-16(10-17(14(12)3)32(4)5)30-22-28-11-13(2)20(31-22)29-15-6-7-19-18(9-15)33(23(35)36-19)37-21(34)24(25,26)27/h6-11H,1-5H3,(H2,28,29,30,31). The van der Waals surface area contributed by atoms with Gasteiger partial charge in [0.25, 0.3) is 0 Å². The number of halogens is 3. The van der Waals surface area contributed by atoms with Crippen molar-refractivity contribution in [2.24, 2.45) is 0 Å². The Morgan fingerprint density at radius 3 is 2.46 bits per heavy atom. The molecular formula is C24H23F3N6O4. The molecule has 194 valence electrons. The van der Waals surface area contributed by atoms with Crippen LogP contribution in [0.25, 0.3) is 11.1 Å². The van der Waals surface area contributed by atoms with Gasteiger partial charge < -0.3 is 24.8 Å². The zero-order chi connectivity index (χ0) is 27.1. The van der Waals surface area contributed by atoms with Gasteiger partial charge in [0.1, 0.15) is 11.3 Å². The average molecular weight is 516 g/mol.